The molecule has 54 heavy (non-hydrogen) atoms. The molecule has 0 saturated carbocycles. The maximum absolute atomic E-state index is 14.2. The molecular weight excluding hydrogens is 756 g/mol. The van der Waals surface area contributed by atoms with Gasteiger partial charge < -0.3 is 9.31 Å². The summed E-state index contributed by atoms with van der Waals surface area (Å²) in [6.45, 7) is 7.50. The first-order valence-corrected chi connectivity index (χ1v) is 17.1. The zero-order valence-corrected chi connectivity index (χ0v) is 31.4. The van der Waals surface area contributed by atoms with Crippen molar-refractivity contribution in [1.29, 1.82) is 10.5 Å². The molecule has 0 spiro atoms. The maximum atomic E-state index is 14.2. The number of nitriles is 2. The first kappa shape index (κ1) is 39.8. The van der Waals surface area contributed by atoms with Crippen LogP contribution < -0.4 is 5.46 Å². The van der Waals surface area contributed by atoms with Gasteiger partial charge in [-0.1, -0.05) is 46.9 Å². The Labute approximate surface area is 325 Å². The third-order valence-corrected chi connectivity index (χ3v) is 9.04. The Bertz CT molecular complexity index is 2350. The Balaban J connectivity index is 0.000000161. The van der Waals surface area contributed by atoms with Gasteiger partial charge in [-0.05, 0) is 82.3 Å². The first-order chi connectivity index (χ1) is 25.7. The second-order valence-corrected chi connectivity index (χ2v) is 13.6. The summed E-state index contributed by atoms with van der Waals surface area (Å²) in [6, 6.07) is 23.6. The minimum atomic E-state index is -0.865. The van der Waals surface area contributed by atoms with Crippen LogP contribution in [0.4, 0.5) is 8.78 Å². The summed E-state index contributed by atoms with van der Waals surface area (Å²) < 4.78 is 39.8. The zero-order valence-electron chi connectivity index (χ0n) is 29.1. The van der Waals surface area contributed by atoms with Crippen molar-refractivity contribution < 1.29 is 18.1 Å². The lowest BCUT2D eigenvalue weighted by atomic mass is 9.78. The van der Waals surface area contributed by atoms with E-state index in [4.69, 9.17) is 54.6 Å². The minimum Gasteiger partial charge on any atom is -0.399 e. The summed E-state index contributed by atoms with van der Waals surface area (Å²) in [5.74, 6) is -1.23. The largest absolute Gasteiger partial charge is 0.497 e. The van der Waals surface area contributed by atoms with Crippen LogP contribution in [0.5, 0.6) is 0 Å². The second kappa shape index (κ2) is 17.2. The summed E-state index contributed by atoms with van der Waals surface area (Å²) in [7, 11) is -0.865. The summed E-state index contributed by atoms with van der Waals surface area (Å²) in [5, 5.41) is 18.1. The van der Waals surface area contributed by atoms with Crippen molar-refractivity contribution in [3.8, 4) is 46.2 Å². The van der Waals surface area contributed by atoms with E-state index in [9.17, 15) is 8.78 Å². The van der Waals surface area contributed by atoms with Crippen molar-refractivity contribution in [3.63, 3.8) is 0 Å². The molecule has 2 aromatic carbocycles. The van der Waals surface area contributed by atoms with Crippen LogP contribution in [0.1, 0.15) is 38.8 Å². The molecule has 1 aliphatic rings. The fourth-order valence-corrected chi connectivity index (χ4v) is 5.40. The molecule has 0 amide bonds. The molecule has 1 fully saturated rings. The van der Waals surface area contributed by atoms with Crippen LogP contribution >= 0.6 is 34.8 Å². The lowest BCUT2D eigenvalue weighted by Crippen LogP contribution is -2.41. The van der Waals surface area contributed by atoms with Crippen LogP contribution in [-0.4, -0.2) is 48.2 Å². The molecule has 6 aromatic rings. The minimum absolute atomic E-state index is 0.108. The molecular formula is C38H28BCl3F2N8O2. The van der Waals surface area contributed by atoms with E-state index in [1.807, 2.05) is 64.1 Å². The van der Waals surface area contributed by atoms with E-state index >= 15 is 0 Å². The van der Waals surface area contributed by atoms with E-state index in [1.54, 1.807) is 36.7 Å². The number of pyridine rings is 2. The van der Waals surface area contributed by atoms with Crippen molar-refractivity contribution in [2.45, 2.75) is 38.9 Å². The van der Waals surface area contributed by atoms with Gasteiger partial charge >= 0.3 is 7.12 Å². The summed E-state index contributed by atoms with van der Waals surface area (Å²) >= 11 is 17.3. The topological polar surface area (TPSA) is 143 Å². The van der Waals surface area contributed by atoms with Gasteiger partial charge in [-0.3, -0.25) is 9.97 Å². The maximum Gasteiger partial charge on any atom is 0.497 e. The number of aromatic nitrogens is 6. The van der Waals surface area contributed by atoms with E-state index in [0.717, 1.165) is 11.4 Å². The molecule has 0 atom stereocenters. The van der Waals surface area contributed by atoms with E-state index in [0.29, 0.717) is 22.2 Å². The standard InChI is InChI=1S/C16H8ClFN4.C13H14BClFNO2.C9H6ClN3/c17-12-6-10(8-19)5-11(16(12)18)14-7-15(22-9-21-14)13-3-1-2-4-20-13;1-12(2)13(3,4)19-14(18-12)9-5-8(7-17)6-10(15)11(9)16;10-9-5-8(12-6-13-9)7-3-1-2-4-11-7/h1-7,9H;5-6H,1-4H3;1-6H. The number of halogens is 5. The van der Waals surface area contributed by atoms with E-state index < -0.39 is 30.0 Å². The van der Waals surface area contributed by atoms with Crippen LogP contribution in [0.2, 0.25) is 15.2 Å². The van der Waals surface area contributed by atoms with Crippen molar-refractivity contribution in [2.75, 3.05) is 0 Å². The van der Waals surface area contributed by atoms with E-state index in [-0.39, 0.29) is 32.2 Å². The van der Waals surface area contributed by atoms with Crippen LogP contribution in [0, 0.1) is 34.3 Å². The summed E-state index contributed by atoms with van der Waals surface area (Å²) in [6.07, 6.45) is 6.11. The molecule has 16 heteroatoms. The highest BCUT2D eigenvalue weighted by atomic mass is 35.5. The Morgan fingerprint density at radius 2 is 1.09 bits per heavy atom. The highest BCUT2D eigenvalue weighted by Crippen LogP contribution is 2.37. The Morgan fingerprint density at radius 1 is 0.593 bits per heavy atom. The lowest BCUT2D eigenvalue weighted by Gasteiger charge is -2.32. The van der Waals surface area contributed by atoms with Gasteiger partial charge in [0.2, 0.25) is 0 Å². The van der Waals surface area contributed by atoms with Gasteiger partial charge in [-0.2, -0.15) is 10.5 Å². The fraction of sp³-hybridized carbons (Fsp3) is 0.158. The lowest BCUT2D eigenvalue weighted by molar-refractivity contribution is 0.00578. The molecule has 0 radical (unpaired) electrons. The number of benzene rings is 2. The van der Waals surface area contributed by atoms with Crippen molar-refractivity contribution in [3.05, 3.63) is 136 Å². The van der Waals surface area contributed by atoms with Crippen molar-refractivity contribution in [1.82, 2.24) is 29.9 Å². The third-order valence-electron chi connectivity index (χ3n) is 8.28. The summed E-state index contributed by atoms with van der Waals surface area (Å²) in [5.41, 5.74) is 2.79. The number of hydrogen-bond donors (Lipinski definition) is 0. The highest BCUT2D eigenvalue weighted by Gasteiger charge is 2.52. The predicted molar refractivity (Wildman–Crippen MR) is 202 cm³/mol. The average molecular weight is 784 g/mol. The molecule has 4 aromatic heterocycles. The van der Waals surface area contributed by atoms with E-state index in [2.05, 4.69) is 29.9 Å². The van der Waals surface area contributed by atoms with Crippen molar-refractivity contribution in [2.24, 2.45) is 0 Å². The van der Waals surface area contributed by atoms with Gasteiger partial charge in [0.15, 0.2) is 5.82 Å². The highest BCUT2D eigenvalue weighted by molar-refractivity contribution is 6.62. The van der Waals surface area contributed by atoms with Gasteiger partial charge in [0.25, 0.3) is 0 Å². The Kier molecular flexibility index (Phi) is 12.6. The van der Waals surface area contributed by atoms with Gasteiger partial charge in [0.05, 0.1) is 73.0 Å². The molecule has 0 aliphatic carbocycles. The van der Waals surface area contributed by atoms with Crippen LogP contribution in [0.25, 0.3) is 34.0 Å². The van der Waals surface area contributed by atoms with Crippen molar-refractivity contribution >= 4 is 47.4 Å². The zero-order chi connectivity index (χ0) is 39.0. The van der Waals surface area contributed by atoms with Crippen LogP contribution in [0.3, 0.4) is 0 Å². The quantitative estimate of drug-likeness (QED) is 0.126. The Morgan fingerprint density at radius 3 is 1.61 bits per heavy atom. The van der Waals surface area contributed by atoms with Gasteiger partial charge in [0.1, 0.15) is 23.6 Å². The molecule has 10 nitrogen and oxygen atoms in total. The van der Waals surface area contributed by atoms with Gasteiger partial charge in [-0.25, -0.2) is 28.7 Å². The van der Waals surface area contributed by atoms with Gasteiger partial charge in [0, 0.05) is 29.5 Å². The molecule has 0 unspecified atom stereocenters. The first-order valence-electron chi connectivity index (χ1n) is 16.0. The van der Waals surface area contributed by atoms with Crippen LogP contribution in [0.15, 0.2) is 97.8 Å². The third kappa shape index (κ3) is 9.38. The summed E-state index contributed by atoms with van der Waals surface area (Å²) in [4.78, 5) is 24.4. The molecule has 270 valence electrons. The smallest absolute Gasteiger partial charge is 0.399 e. The molecule has 1 saturated heterocycles. The number of rotatable bonds is 4. The SMILES string of the molecule is CC1(C)OB(c2cc(C#N)cc(Cl)c2F)OC1(C)C.Clc1cc(-c2ccccn2)ncn1.N#Cc1cc(Cl)c(F)c(-c2cc(-c3ccccn3)ncn2)c1. The monoisotopic (exact) mass is 782 g/mol. The second-order valence-electron chi connectivity index (χ2n) is 12.4. The number of hydrogen-bond acceptors (Lipinski definition) is 10. The average Bonchev–Trinajstić information content (AvgIpc) is 3.40. The Hall–Kier alpha value is -5.41. The molecule has 1 aliphatic heterocycles. The molecule has 7 rings (SSSR count). The fourth-order valence-electron chi connectivity index (χ4n) is 4.80. The van der Waals surface area contributed by atoms with Crippen LogP contribution in [-0.2, 0) is 9.31 Å². The van der Waals surface area contributed by atoms with Gasteiger partial charge in [-0.15, -0.1) is 0 Å². The normalized spacial score (nSPS) is 13.7. The molecule has 0 bridgehead atoms. The van der Waals surface area contributed by atoms with E-state index in [1.165, 1.54) is 36.9 Å². The molecule has 0 N–H and O–H groups in total. The number of nitrogens with zero attached hydrogens (tertiary/aromatic N) is 8. The predicted octanol–water partition coefficient (Wildman–Crippen LogP) is 8.71. The molecule has 5 heterocycles.